The number of benzene rings is 1. The second-order valence-electron chi connectivity index (χ2n) is 4.54. The third-order valence-electron chi connectivity index (χ3n) is 3.13. The summed E-state index contributed by atoms with van der Waals surface area (Å²) >= 11 is 0. The maximum Gasteiger partial charge on any atom is 0.316 e. The first-order valence-corrected chi connectivity index (χ1v) is 6.11. The van der Waals surface area contributed by atoms with Crippen molar-refractivity contribution in [2.45, 2.75) is 25.7 Å². The van der Waals surface area contributed by atoms with Gasteiger partial charge in [-0.1, -0.05) is 0 Å². The van der Waals surface area contributed by atoms with Crippen molar-refractivity contribution in [3.05, 3.63) is 34.6 Å². The standard InChI is InChI=1S/C13H14F5NO2/c1-3-21-12(20)13(2,4-5-19)6-7(14)9(16)11(18)10(17)8(6)15/h3-5,19H2,1-2H3. The zero-order valence-electron chi connectivity index (χ0n) is 11.4. The molecular weight excluding hydrogens is 297 g/mol. The zero-order chi connectivity index (χ0) is 16.4. The second-order valence-corrected chi connectivity index (χ2v) is 4.54. The average Bonchev–Trinajstić information content (AvgIpc) is 2.43. The summed E-state index contributed by atoms with van der Waals surface area (Å²) in [5, 5.41) is 0. The first-order valence-electron chi connectivity index (χ1n) is 6.11. The molecule has 118 valence electrons. The summed E-state index contributed by atoms with van der Waals surface area (Å²) in [5.41, 5.74) is 1.97. The van der Waals surface area contributed by atoms with Gasteiger partial charge in [-0.25, -0.2) is 22.0 Å². The van der Waals surface area contributed by atoms with E-state index in [-0.39, 0.29) is 19.6 Å². The molecule has 0 saturated heterocycles. The molecule has 0 aliphatic rings. The zero-order valence-corrected chi connectivity index (χ0v) is 11.4. The Labute approximate surface area is 117 Å². The van der Waals surface area contributed by atoms with Crippen LogP contribution in [0.3, 0.4) is 0 Å². The van der Waals surface area contributed by atoms with Crippen molar-refractivity contribution >= 4 is 5.97 Å². The van der Waals surface area contributed by atoms with Crippen molar-refractivity contribution in [2.24, 2.45) is 5.73 Å². The molecule has 0 saturated carbocycles. The lowest BCUT2D eigenvalue weighted by Crippen LogP contribution is -2.39. The Hall–Kier alpha value is -1.70. The summed E-state index contributed by atoms with van der Waals surface area (Å²) in [7, 11) is 0. The summed E-state index contributed by atoms with van der Waals surface area (Å²) in [6, 6.07) is 0. The van der Waals surface area contributed by atoms with Gasteiger partial charge in [0.1, 0.15) is 0 Å². The number of nitrogens with two attached hydrogens (primary N) is 1. The highest BCUT2D eigenvalue weighted by Crippen LogP contribution is 2.36. The fraction of sp³-hybridized carbons (Fsp3) is 0.462. The van der Waals surface area contributed by atoms with Crippen LogP contribution in [0.1, 0.15) is 25.8 Å². The van der Waals surface area contributed by atoms with Crippen LogP contribution in [-0.4, -0.2) is 19.1 Å². The van der Waals surface area contributed by atoms with E-state index in [2.05, 4.69) is 4.74 Å². The molecule has 1 unspecified atom stereocenters. The van der Waals surface area contributed by atoms with Crippen LogP contribution in [0.25, 0.3) is 0 Å². The Morgan fingerprint density at radius 1 is 1.05 bits per heavy atom. The van der Waals surface area contributed by atoms with E-state index in [1.54, 1.807) is 0 Å². The third-order valence-corrected chi connectivity index (χ3v) is 3.13. The minimum atomic E-state index is -2.28. The topological polar surface area (TPSA) is 52.3 Å². The molecule has 2 N–H and O–H groups in total. The van der Waals surface area contributed by atoms with E-state index >= 15 is 0 Å². The van der Waals surface area contributed by atoms with Crippen molar-refractivity contribution in [2.75, 3.05) is 13.2 Å². The van der Waals surface area contributed by atoms with Gasteiger partial charge in [-0.15, -0.1) is 0 Å². The number of hydrogen-bond donors (Lipinski definition) is 1. The van der Waals surface area contributed by atoms with Crippen molar-refractivity contribution in [3.63, 3.8) is 0 Å². The lowest BCUT2D eigenvalue weighted by molar-refractivity contribution is -0.150. The second kappa shape index (κ2) is 6.38. The molecule has 0 spiro atoms. The lowest BCUT2D eigenvalue weighted by Gasteiger charge is -2.28. The molecule has 0 amide bonds. The van der Waals surface area contributed by atoms with Crippen LogP contribution in [0, 0.1) is 29.1 Å². The van der Waals surface area contributed by atoms with E-state index in [1.165, 1.54) is 6.92 Å². The molecule has 0 heterocycles. The van der Waals surface area contributed by atoms with Gasteiger partial charge in [0.15, 0.2) is 23.3 Å². The number of esters is 1. The molecule has 0 aromatic heterocycles. The van der Waals surface area contributed by atoms with Crippen LogP contribution < -0.4 is 5.73 Å². The molecule has 8 heteroatoms. The minimum Gasteiger partial charge on any atom is -0.465 e. The van der Waals surface area contributed by atoms with Crippen LogP contribution in [0.4, 0.5) is 22.0 Å². The smallest absolute Gasteiger partial charge is 0.316 e. The van der Waals surface area contributed by atoms with E-state index < -0.39 is 46.0 Å². The molecule has 1 rings (SSSR count). The number of carbonyl (C=O) groups excluding carboxylic acids is 1. The fourth-order valence-electron chi connectivity index (χ4n) is 2.00. The quantitative estimate of drug-likeness (QED) is 0.393. The van der Waals surface area contributed by atoms with Crippen molar-refractivity contribution in [1.82, 2.24) is 0 Å². The summed E-state index contributed by atoms with van der Waals surface area (Å²) in [4.78, 5) is 11.9. The van der Waals surface area contributed by atoms with Crippen LogP contribution in [0.5, 0.6) is 0 Å². The molecule has 21 heavy (non-hydrogen) atoms. The van der Waals surface area contributed by atoms with Crippen LogP contribution >= 0.6 is 0 Å². The summed E-state index contributed by atoms with van der Waals surface area (Å²) in [6.45, 7) is 2.14. The lowest BCUT2D eigenvalue weighted by atomic mass is 9.78. The SMILES string of the molecule is CCOC(=O)C(C)(CCN)c1c(F)c(F)c(F)c(F)c1F. The van der Waals surface area contributed by atoms with E-state index in [0.29, 0.717) is 0 Å². The largest absolute Gasteiger partial charge is 0.465 e. The Kier molecular flexibility index (Phi) is 5.27. The Morgan fingerprint density at radius 2 is 1.48 bits per heavy atom. The molecule has 0 fully saturated rings. The molecule has 0 aliphatic carbocycles. The Bertz CT molecular complexity index is 535. The van der Waals surface area contributed by atoms with Gasteiger partial charge < -0.3 is 10.5 Å². The maximum atomic E-state index is 13.9. The van der Waals surface area contributed by atoms with Gasteiger partial charge in [-0.05, 0) is 26.8 Å². The summed E-state index contributed by atoms with van der Waals surface area (Å²) in [6.07, 6.45) is -0.343. The van der Waals surface area contributed by atoms with E-state index in [1.807, 2.05) is 0 Å². The van der Waals surface area contributed by atoms with Gasteiger partial charge in [0.25, 0.3) is 0 Å². The predicted octanol–water partition coefficient (Wildman–Crippen LogP) is 2.55. The number of halogens is 5. The highest BCUT2D eigenvalue weighted by Gasteiger charge is 2.44. The van der Waals surface area contributed by atoms with E-state index in [0.717, 1.165) is 6.92 Å². The highest BCUT2D eigenvalue weighted by molar-refractivity contribution is 5.83. The van der Waals surface area contributed by atoms with E-state index in [9.17, 15) is 26.7 Å². The molecule has 1 aromatic rings. The Morgan fingerprint density at radius 3 is 1.86 bits per heavy atom. The van der Waals surface area contributed by atoms with Crippen LogP contribution in [0.15, 0.2) is 0 Å². The van der Waals surface area contributed by atoms with E-state index in [4.69, 9.17) is 5.73 Å². The molecule has 0 aliphatic heterocycles. The average molecular weight is 311 g/mol. The number of hydrogen-bond acceptors (Lipinski definition) is 3. The first-order chi connectivity index (χ1) is 9.72. The molecule has 3 nitrogen and oxygen atoms in total. The molecule has 1 aromatic carbocycles. The minimum absolute atomic E-state index is 0.117. The normalized spacial score (nSPS) is 13.9. The Balaban J connectivity index is 3.64. The molecule has 0 bridgehead atoms. The number of ether oxygens (including phenoxy) is 1. The summed E-state index contributed by atoms with van der Waals surface area (Å²) in [5.74, 6) is -11.7. The number of carbonyl (C=O) groups is 1. The fourth-order valence-corrected chi connectivity index (χ4v) is 2.00. The van der Waals surface area contributed by atoms with Crippen LogP contribution in [-0.2, 0) is 14.9 Å². The summed E-state index contributed by atoms with van der Waals surface area (Å²) < 4.78 is 72.0. The maximum absolute atomic E-state index is 13.9. The van der Waals surface area contributed by atoms with Crippen molar-refractivity contribution in [3.8, 4) is 0 Å². The monoisotopic (exact) mass is 311 g/mol. The van der Waals surface area contributed by atoms with Gasteiger partial charge in [0.05, 0.1) is 12.0 Å². The van der Waals surface area contributed by atoms with Crippen LogP contribution in [0.2, 0.25) is 0 Å². The number of rotatable bonds is 5. The predicted molar refractivity (Wildman–Crippen MR) is 63.9 cm³/mol. The van der Waals surface area contributed by atoms with Crippen molar-refractivity contribution < 1.29 is 31.5 Å². The van der Waals surface area contributed by atoms with Gasteiger partial charge in [0.2, 0.25) is 5.82 Å². The molecule has 1 atom stereocenters. The molecular formula is C13H14F5NO2. The molecule has 0 radical (unpaired) electrons. The van der Waals surface area contributed by atoms with Gasteiger partial charge >= 0.3 is 5.97 Å². The first kappa shape index (κ1) is 17.4. The third kappa shape index (κ3) is 2.85. The van der Waals surface area contributed by atoms with Crippen molar-refractivity contribution in [1.29, 1.82) is 0 Å². The van der Waals surface area contributed by atoms with Gasteiger partial charge in [-0.3, -0.25) is 4.79 Å². The van der Waals surface area contributed by atoms with Gasteiger partial charge in [-0.2, -0.15) is 0 Å². The van der Waals surface area contributed by atoms with Gasteiger partial charge in [0, 0.05) is 5.56 Å². The highest BCUT2D eigenvalue weighted by atomic mass is 19.2.